The molecular formula is C108H129FO16. The van der Waals surface area contributed by atoms with Crippen LogP contribution < -0.4 is 4.74 Å². The van der Waals surface area contributed by atoms with E-state index in [9.17, 15) is 79.4 Å². The molecule has 125 heavy (non-hydrogen) atoms. The van der Waals surface area contributed by atoms with Crippen LogP contribution >= 0.6 is 0 Å². The van der Waals surface area contributed by atoms with E-state index in [1.54, 1.807) is 148 Å². The van der Waals surface area contributed by atoms with E-state index < -0.39 is 61.0 Å². The molecule has 0 radical (unpaired) electrons. The summed E-state index contributed by atoms with van der Waals surface area (Å²) in [6.45, 7) is 11.7. The lowest BCUT2D eigenvalue weighted by Crippen LogP contribution is -2.04. The van der Waals surface area contributed by atoms with Gasteiger partial charge in [-0.25, -0.2) is 4.39 Å². The molecule has 1 aliphatic carbocycles. The zero-order chi connectivity index (χ0) is 92.6. The standard InChI is InChI=1S/C23H26O4.C22H23FO3.C22H30O3.C22H24O3.C19H26O3/c1-19(24)9-7-13-21(25)11-5-3-4-6-12-22(26)14-8-10-20-15-17-23(27-2)18-16-20;1-18(24)8-6-12-21(25)10-4-2-3-5-11-22(26)13-7-9-19-14-16-20(23)17-15-19;2*1-19(23)11-9-17-21(24)15-7-2-3-8-16-22(25)18-10-14-20-12-5-4-6-13-20;1-16(2)10-8-14-18(21)12-6-4-5-7-13-19(22)15-9-11-17(3)20/h3-4,6,12,15-18,21-22,25-26H,7,9,13-14H2,1-2H3;2-3,5,11,14-17,21-22,25-26H,6,8,12-13H2,1H3;2-3,8,16,20-22,24-25H,4-6,9,11-13,17-18H2,1H3;2-6,8,12-13,16,21-22,24-25H,9,11,17-18H2,1H3;4-6,12,16,18-19,21-22H,9,11,14-15H2,1-3H3/b4-3+,12-6+;3-2+,11-5+;2*3-2+,16-8+;5-4+,12-6+/t4*21-,22+;18-,19+/m11110/s1. The third kappa shape index (κ3) is 79.3. The van der Waals surface area contributed by atoms with Crippen molar-refractivity contribution < 1.29 is 84.2 Å². The molecule has 4 rings (SSSR count). The lowest BCUT2D eigenvalue weighted by atomic mass is 9.90. The minimum absolute atomic E-state index is 0.108. The summed E-state index contributed by atoms with van der Waals surface area (Å²) in [4.78, 5) is 53.9. The molecule has 1 aliphatic rings. The Kier molecular flexibility index (Phi) is 71.0. The number of carbonyl (C=O) groups excluding carboxylic acids is 5. The first-order valence-corrected chi connectivity index (χ1v) is 42.4. The van der Waals surface area contributed by atoms with Crippen molar-refractivity contribution in [3.63, 3.8) is 0 Å². The highest BCUT2D eigenvalue weighted by Crippen LogP contribution is 2.23. The van der Waals surface area contributed by atoms with Crippen molar-refractivity contribution in [3.05, 3.63) is 223 Å². The second-order valence-electron chi connectivity index (χ2n) is 29.2. The number of halogens is 1. The number of aliphatic hydroxyl groups is 10. The molecule has 0 spiro atoms. The Morgan fingerprint density at radius 1 is 0.360 bits per heavy atom. The summed E-state index contributed by atoms with van der Waals surface area (Å²) in [6, 6.07) is 22.9. The van der Waals surface area contributed by atoms with Gasteiger partial charge in [-0.15, -0.1) is 5.92 Å². The first-order valence-electron chi connectivity index (χ1n) is 42.4. The number of hydrogen-bond donors (Lipinski definition) is 10. The normalized spacial score (nSPS) is 13.9. The van der Waals surface area contributed by atoms with Crippen molar-refractivity contribution in [2.45, 2.75) is 270 Å². The number of benzene rings is 3. The van der Waals surface area contributed by atoms with Gasteiger partial charge in [-0.1, -0.05) is 255 Å². The number of hydrogen-bond acceptors (Lipinski definition) is 16. The van der Waals surface area contributed by atoms with Gasteiger partial charge in [0.05, 0.1) is 37.6 Å². The quantitative estimate of drug-likeness (QED) is 0.0191. The number of ketones is 5. The lowest BCUT2D eigenvalue weighted by molar-refractivity contribution is -0.118. The van der Waals surface area contributed by atoms with Crippen molar-refractivity contribution >= 4 is 28.9 Å². The monoisotopic (exact) mass is 1700 g/mol. The molecule has 1 fully saturated rings. The molecule has 0 bridgehead atoms. The first-order chi connectivity index (χ1) is 60.0. The average molecular weight is 1700 g/mol. The molecule has 1 saturated carbocycles. The molecule has 0 aromatic heterocycles. The SMILES string of the molecule is CC(=O)CCC[C@H](O)C#C/C=C/C=C/[C@H](O)CC#CC(C)C.CC(=O)CCC[C@H](O)C#C/C=C/C=C/[C@H](O)CC#CC1CCCCC1.CC(=O)CCC[C@H](O)C#C/C=C/C=C/[C@H](O)CC#Cc1ccc(F)cc1.CC(=O)CCC[C@H](O)C#C/C=C/C=C/[C@H](O)CC#Cc1ccccc1.COc1ccc(C#CC[C@@H](O)/C=C/C=C/C#C[C@@H](O)CCCC(C)=O)cc1. The Balaban J connectivity index is 0.00000154. The zero-order valence-corrected chi connectivity index (χ0v) is 74.0. The molecule has 16 nitrogen and oxygen atoms in total. The number of allylic oxidation sites excluding steroid dienone is 15. The van der Waals surface area contributed by atoms with Crippen LogP contribution in [0.2, 0.25) is 0 Å². The third-order valence-electron chi connectivity index (χ3n) is 16.7. The van der Waals surface area contributed by atoms with Gasteiger partial charge in [-0.2, -0.15) is 0 Å². The summed E-state index contributed by atoms with van der Waals surface area (Å²) >= 11 is 0. The van der Waals surface area contributed by atoms with E-state index in [2.05, 4.69) is 118 Å². The van der Waals surface area contributed by atoms with Gasteiger partial charge in [-0.3, -0.25) is 0 Å². The fourth-order valence-electron chi connectivity index (χ4n) is 10.0. The fraction of sp³-hybridized carbons (Fsp3) is 0.417. The Labute approximate surface area is 745 Å². The van der Waals surface area contributed by atoms with E-state index in [-0.39, 0.29) is 41.2 Å². The van der Waals surface area contributed by atoms with Gasteiger partial charge in [0.2, 0.25) is 0 Å². The number of ether oxygens (including phenoxy) is 1. The Hall–Kier alpha value is -11.7. The molecule has 0 unspecified atom stereocenters. The maximum absolute atomic E-state index is 12.8. The molecule has 0 amide bonds. The molecule has 10 N–H and O–H groups in total. The van der Waals surface area contributed by atoms with Crippen molar-refractivity contribution in [1.82, 2.24) is 0 Å². The summed E-state index contributed by atoms with van der Waals surface area (Å²) in [6.07, 6.45) is 42.6. The van der Waals surface area contributed by atoms with Crippen molar-refractivity contribution in [3.8, 4) is 124 Å². The van der Waals surface area contributed by atoms with Crippen LogP contribution in [-0.4, -0.2) is 148 Å². The highest BCUT2D eigenvalue weighted by Gasteiger charge is 2.11. The maximum atomic E-state index is 12.8. The van der Waals surface area contributed by atoms with Crippen LogP contribution in [0, 0.1) is 136 Å². The van der Waals surface area contributed by atoms with Gasteiger partial charge in [0, 0.05) is 92.7 Å². The van der Waals surface area contributed by atoms with E-state index in [0.717, 1.165) is 16.9 Å². The van der Waals surface area contributed by atoms with E-state index >= 15 is 0 Å². The van der Waals surface area contributed by atoms with Gasteiger partial charge < -0.3 is 79.8 Å². The van der Waals surface area contributed by atoms with Crippen LogP contribution in [0.15, 0.2) is 200 Å². The number of methoxy groups -OCH3 is 1. The molecule has 664 valence electrons. The first kappa shape index (κ1) is 113. The van der Waals surface area contributed by atoms with E-state index in [1.165, 1.54) is 71.9 Å². The minimum Gasteiger partial charge on any atom is -0.497 e. The van der Waals surface area contributed by atoms with E-state index in [1.807, 2.05) is 68.4 Å². The Bertz CT molecular complexity index is 4600. The minimum atomic E-state index is -0.740. The predicted octanol–water partition coefficient (Wildman–Crippen LogP) is 15.4. The van der Waals surface area contributed by atoms with Crippen LogP contribution in [0.1, 0.15) is 226 Å². The maximum Gasteiger partial charge on any atom is 0.129 e. The Morgan fingerprint density at radius 2 is 0.632 bits per heavy atom. The number of rotatable bonds is 36. The number of Topliss-reactive ketones (excluding diaryl/α,β-unsaturated/α-hetero) is 5. The summed E-state index contributed by atoms with van der Waals surface area (Å²) in [5, 5.41) is 96.9. The van der Waals surface area contributed by atoms with Gasteiger partial charge >= 0.3 is 0 Å². The van der Waals surface area contributed by atoms with Crippen LogP contribution in [0.3, 0.4) is 0 Å². The molecular weight excluding hydrogens is 1570 g/mol. The zero-order valence-electron chi connectivity index (χ0n) is 74.0. The third-order valence-corrected chi connectivity index (χ3v) is 16.7. The second kappa shape index (κ2) is 78.3. The lowest BCUT2D eigenvalue weighted by Gasteiger charge is -2.15. The molecule has 10 atom stereocenters. The Morgan fingerprint density at radius 3 is 0.912 bits per heavy atom. The highest BCUT2D eigenvalue weighted by molar-refractivity contribution is 5.76. The molecule has 0 saturated heterocycles. The second-order valence-corrected chi connectivity index (χ2v) is 29.2. The summed E-state index contributed by atoms with van der Waals surface area (Å²) in [5.41, 5.74) is 2.49. The van der Waals surface area contributed by atoms with Crippen molar-refractivity contribution in [1.29, 1.82) is 0 Å². The number of carbonyl (C=O) groups is 5. The smallest absolute Gasteiger partial charge is 0.129 e. The summed E-state index contributed by atoms with van der Waals surface area (Å²) in [5.74, 6) is 58.8. The molecule has 3 aromatic carbocycles. The largest absolute Gasteiger partial charge is 0.497 e. The molecule has 0 aliphatic heterocycles. The van der Waals surface area contributed by atoms with E-state index in [4.69, 9.17) is 4.74 Å². The van der Waals surface area contributed by atoms with Gasteiger partial charge in [-0.05, 0) is 203 Å². The van der Waals surface area contributed by atoms with Gasteiger partial charge in [0.15, 0.2) is 0 Å². The molecule has 0 heterocycles. The van der Waals surface area contributed by atoms with Crippen LogP contribution in [0.5, 0.6) is 5.75 Å². The van der Waals surface area contributed by atoms with Crippen molar-refractivity contribution in [2.24, 2.45) is 11.8 Å². The van der Waals surface area contributed by atoms with Crippen LogP contribution in [0.4, 0.5) is 4.39 Å². The summed E-state index contributed by atoms with van der Waals surface area (Å²) < 4.78 is 17.8. The number of aliphatic hydroxyl groups excluding tert-OH is 10. The molecule has 17 heteroatoms. The van der Waals surface area contributed by atoms with Crippen LogP contribution in [-0.2, 0) is 24.0 Å². The predicted molar refractivity (Wildman–Crippen MR) is 500 cm³/mol. The molecule has 3 aromatic rings. The fourth-order valence-corrected chi connectivity index (χ4v) is 10.0. The van der Waals surface area contributed by atoms with E-state index in [0.29, 0.717) is 139 Å². The summed E-state index contributed by atoms with van der Waals surface area (Å²) in [7, 11) is 1.61. The average Bonchev–Trinajstić information content (AvgIpc) is 0.909. The van der Waals surface area contributed by atoms with Crippen LogP contribution in [0.25, 0.3) is 0 Å². The van der Waals surface area contributed by atoms with Crippen molar-refractivity contribution in [2.75, 3.05) is 7.11 Å². The highest BCUT2D eigenvalue weighted by atomic mass is 19.1. The van der Waals surface area contributed by atoms with Gasteiger partial charge in [0.1, 0.15) is 71.0 Å². The topological polar surface area (TPSA) is 297 Å². The van der Waals surface area contributed by atoms with Gasteiger partial charge in [0.25, 0.3) is 0 Å².